The van der Waals surface area contributed by atoms with Crippen LogP contribution >= 0.6 is 7.60 Å². The second-order valence-electron chi connectivity index (χ2n) is 5.40. The van der Waals surface area contributed by atoms with Crippen molar-refractivity contribution in [2.75, 3.05) is 6.61 Å². The molecule has 132 valence electrons. The molecule has 0 amide bonds. The lowest BCUT2D eigenvalue weighted by Gasteiger charge is -2.26. The third kappa shape index (κ3) is 4.63. The largest absolute Gasteiger partial charge is 0.465 e. The van der Waals surface area contributed by atoms with Crippen molar-refractivity contribution in [2.45, 2.75) is 12.6 Å². The second-order valence-corrected chi connectivity index (χ2v) is 7.14. The van der Waals surface area contributed by atoms with Gasteiger partial charge in [-0.25, -0.2) is 0 Å². The number of ether oxygens (including phenoxy) is 1. The smallest absolute Gasteiger partial charge is 0.334 e. The van der Waals surface area contributed by atoms with Gasteiger partial charge in [0.1, 0.15) is 11.6 Å². The maximum atomic E-state index is 12.9. The van der Waals surface area contributed by atoms with E-state index in [-0.39, 0.29) is 17.7 Å². The number of carbonyl (C=O) groups is 2. The Balaban J connectivity index is 2.57. The summed E-state index contributed by atoms with van der Waals surface area (Å²) in [6.45, 7) is 1.57. The van der Waals surface area contributed by atoms with E-state index in [1.165, 1.54) is 24.3 Å². The number of benzene rings is 2. The zero-order chi connectivity index (χ0) is 18.4. The summed E-state index contributed by atoms with van der Waals surface area (Å²) in [4.78, 5) is 45.0. The second kappa shape index (κ2) is 8.21. The molecule has 0 aliphatic carbocycles. The highest BCUT2D eigenvalue weighted by atomic mass is 31.2. The molecular formula is C18H19O6P. The topological polar surface area (TPSA) is 101 Å². The standard InChI is InChI=1S/C18H19O6P/c1-2-24-18(20)15(16(19)13-9-5-3-6-10-13)17(25(21,22)23)14-11-7-4-8-12-14/h3-12,15,17H,2H2,1H3,(H2,21,22,23). The zero-order valence-electron chi connectivity index (χ0n) is 13.6. The number of esters is 1. The van der Waals surface area contributed by atoms with Gasteiger partial charge in [0.2, 0.25) is 0 Å². The molecule has 2 aromatic rings. The van der Waals surface area contributed by atoms with Gasteiger partial charge in [-0.1, -0.05) is 60.7 Å². The van der Waals surface area contributed by atoms with Crippen LogP contribution in [0.15, 0.2) is 60.7 Å². The fourth-order valence-electron chi connectivity index (χ4n) is 2.62. The number of Topliss-reactive ketones (excluding diaryl/α,β-unsaturated/α-hetero) is 1. The van der Waals surface area contributed by atoms with Crippen molar-refractivity contribution in [3.8, 4) is 0 Å². The van der Waals surface area contributed by atoms with Crippen LogP contribution < -0.4 is 0 Å². The number of rotatable bonds is 7. The summed E-state index contributed by atoms with van der Waals surface area (Å²) in [5.74, 6) is -3.27. The molecule has 0 aromatic heterocycles. The van der Waals surface area contributed by atoms with Crippen LogP contribution in [0.3, 0.4) is 0 Å². The lowest BCUT2D eigenvalue weighted by molar-refractivity contribution is -0.146. The molecule has 25 heavy (non-hydrogen) atoms. The zero-order valence-corrected chi connectivity index (χ0v) is 14.5. The fourth-order valence-corrected chi connectivity index (χ4v) is 3.83. The van der Waals surface area contributed by atoms with E-state index in [0.29, 0.717) is 0 Å². The molecule has 0 heterocycles. The summed E-state index contributed by atoms with van der Waals surface area (Å²) in [6, 6.07) is 15.7. The van der Waals surface area contributed by atoms with E-state index in [1.807, 2.05) is 0 Å². The van der Waals surface area contributed by atoms with Crippen molar-refractivity contribution >= 4 is 19.3 Å². The predicted octanol–water partition coefficient (Wildman–Crippen LogP) is 2.97. The molecule has 0 saturated heterocycles. The minimum atomic E-state index is -4.83. The van der Waals surface area contributed by atoms with Gasteiger partial charge >= 0.3 is 13.6 Å². The molecule has 2 rings (SSSR count). The van der Waals surface area contributed by atoms with Crippen LogP contribution in [0.25, 0.3) is 0 Å². The van der Waals surface area contributed by atoms with Gasteiger partial charge in [0.15, 0.2) is 5.78 Å². The van der Waals surface area contributed by atoms with Crippen molar-refractivity contribution < 1.29 is 28.7 Å². The molecule has 2 N–H and O–H groups in total. The highest BCUT2D eigenvalue weighted by Crippen LogP contribution is 2.56. The Hall–Kier alpha value is -2.27. The number of hydrogen-bond donors (Lipinski definition) is 2. The van der Waals surface area contributed by atoms with E-state index in [2.05, 4.69) is 0 Å². The van der Waals surface area contributed by atoms with Crippen LogP contribution in [0, 0.1) is 5.92 Å². The van der Waals surface area contributed by atoms with E-state index < -0.39 is 30.9 Å². The van der Waals surface area contributed by atoms with Crippen molar-refractivity contribution in [3.05, 3.63) is 71.8 Å². The average Bonchev–Trinajstić information content (AvgIpc) is 2.59. The molecular weight excluding hydrogens is 343 g/mol. The van der Waals surface area contributed by atoms with Gasteiger partial charge in [0.25, 0.3) is 0 Å². The third-order valence-corrected chi connectivity index (χ3v) is 5.02. The number of carbonyl (C=O) groups excluding carboxylic acids is 2. The Morgan fingerprint density at radius 2 is 1.52 bits per heavy atom. The minimum Gasteiger partial charge on any atom is -0.465 e. The summed E-state index contributed by atoms with van der Waals surface area (Å²) >= 11 is 0. The van der Waals surface area contributed by atoms with Crippen molar-refractivity contribution in [2.24, 2.45) is 5.92 Å². The van der Waals surface area contributed by atoms with E-state index >= 15 is 0 Å². The van der Waals surface area contributed by atoms with Crippen molar-refractivity contribution in [1.82, 2.24) is 0 Å². The maximum Gasteiger partial charge on any atom is 0.334 e. The molecule has 0 saturated carbocycles. The van der Waals surface area contributed by atoms with Crippen LogP contribution in [0.5, 0.6) is 0 Å². The molecule has 2 unspecified atom stereocenters. The first-order valence-corrected chi connectivity index (χ1v) is 9.40. The Morgan fingerprint density at radius 3 is 2.00 bits per heavy atom. The van der Waals surface area contributed by atoms with Gasteiger partial charge in [0, 0.05) is 5.56 Å². The maximum absolute atomic E-state index is 12.9. The van der Waals surface area contributed by atoms with E-state index in [1.54, 1.807) is 43.3 Å². The van der Waals surface area contributed by atoms with Crippen molar-refractivity contribution in [1.29, 1.82) is 0 Å². The van der Waals surface area contributed by atoms with E-state index in [0.717, 1.165) is 0 Å². The summed E-state index contributed by atoms with van der Waals surface area (Å²) < 4.78 is 17.1. The highest BCUT2D eigenvalue weighted by molar-refractivity contribution is 7.52. The van der Waals surface area contributed by atoms with Crippen LogP contribution in [0.4, 0.5) is 0 Å². The summed E-state index contributed by atoms with van der Waals surface area (Å²) in [5, 5.41) is 0. The lowest BCUT2D eigenvalue weighted by atomic mass is 9.90. The van der Waals surface area contributed by atoms with Crippen LogP contribution in [0.2, 0.25) is 0 Å². The normalized spacial score (nSPS) is 13.7. The van der Waals surface area contributed by atoms with Gasteiger partial charge < -0.3 is 14.5 Å². The molecule has 0 aliphatic heterocycles. The molecule has 0 aliphatic rings. The quantitative estimate of drug-likeness (QED) is 0.340. The highest BCUT2D eigenvalue weighted by Gasteiger charge is 2.46. The van der Waals surface area contributed by atoms with Crippen molar-refractivity contribution in [3.63, 3.8) is 0 Å². The Bertz CT molecular complexity index is 769. The SMILES string of the molecule is CCOC(=O)C(C(=O)c1ccccc1)C(c1ccccc1)P(=O)(O)O. The van der Waals surface area contributed by atoms with Gasteiger partial charge in [-0.3, -0.25) is 14.2 Å². The molecule has 2 atom stereocenters. The van der Waals surface area contributed by atoms with Crippen LogP contribution in [0.1, 0.15) is 28.5 Å². The fraction of sp³-hybridized carbons (Fsp3) is 0.222. The third-order valence-electron chi connectivity index (χ3n) is 3.70. The predicted molar refractivity (Wildman–Crippen MR) is 92.1 cm³/mol. The lowest BCUT2D eigenvalue weighted by Crippen LogP contribution is -2.32. The van der Waals surface area contributed by atoms with Gasteiger partial charge in [-0.05, 0) is 12.5 Å². The molecule has 2 aromatic carbocycles. The van der Waals surface area contributed by atoms with Crippen LogP contribution in [-0.2, 0) is 14.1 Å². The van der Waals surface area contributed by atoms with Gasteiger partial charge in [0.05, 0.1) is 6.61 Å². The Morgan fingerprint density at radius 1 is 1.00 bits per heavy atom. The summed E-state index contributed by atoms with van der Waals surface area (Å²) in [6.07, 6.45) is 0. The molecule has 0 spiro atoms. The molecule has 6 nitrogen and oxygen atoms in total. The molecule has 0 radical (unpaired) electrons. The first-order valence-electron chi connectivity index (χ1n) is 7.72. The Kier molecular flexibility index (Phi) is 6.26. The monoisotopic (exact) mass is 362 g/mol. The molecule has 7 heteroatoms. The first-order chi connectivity index (χ1) is 11.9. The summed E-state index contributed by atoms with van der Waals surface area (Å²) in [5.41, 5.74) is -1.21. The van der Waals surface area contributed by atoms with Gasteiger partial charge in [-0.2, -0.15) is 0 Å². The molecule has 0 fully saturated rings. The van der Waals surface area contributed by atoms with E-state index in [9.17, 15) is 23.9 Å². The van der Waals surface area contributed by atoms with E-state index in [4.69, 9.17) is 4.74 Å². The average molecular weight is 362 g/mol. The minimum absolute atomic E-state index is 0.0000709. The van der Waals surface area contributed by atoms with Gasteiger partial charge in [-0.15, -0.1) is 0 Å². The first kappa shape index (κ1) is 19.1. The number of ketones is 1. The summed E-state index contributed by atoms with van der Waals surface area (Å²) in [7, 11) is -4.83. The Labute approximate surface area is 145 Å². The molecule has 0 bridgehead atoms. The number of hydrogen-bond acceptors (Lipinski definition) is 4. The van der Waals surface area contributed by atoms with Crippen LogP contribution in [-0.4, -0.2) is 28.1 Å².